The molecule has 0 aromatic heterocycles. The SMILES string of the molecule is CCCCCCOc1ccc(NCCOc2ccc(OC)cc2)cc1. The van der Waals surface area contributed by atoms with Crippen molar-refractivity contribution >= 4 is 5.69 Å². The summed E-state index contributed by atoms with van der Waals surface area (Å²) in [4.78, 5) is 0. The van der Waals surface area contributed by atoms with Crippen LogP contribution in [0.5, 0.6) is 17.2 Å². The number of ether oxygens (including phenoxy) is 3. The molecule has 136 valence electrons. The quantitative estimate of drug-likeness (QED) is 0.541. The molecule has 4 nitrogen and oxygen atoms in total. The van der Waals surface area contributed by atoms with Crippen molar-refractivity contribution < 1.29 is 14.2 Å². The van der Waals surface area contributed by atoms with Crippen LogP contribution in [0.2, 0.25) is 0 Å². The molecule has 0 saturated carbocycles. The summed E-state index contributed by atoms with van der Waals surface area (Å²) in [7, 11) is 1.66. The molecule has 0 atom stereocenters. The van der Waals surface area contributed by atoms with E-state index in [0.717, 1.165) is 42.5 Å². The third kappa shape index (κ3) is 7.38. The number of benzene rings is 2. The predicted octanol–water partition coefficient (Wildman–Crippen LogP) is 5.15. The Hall–Kier alpha value is -2.36. The summed E-state index contributed by atoms with van der Waals surface area (Å²) >= 11 is 0. The summed E-state index contributed by atoms with van der Waals surface area (Å²) < 4.78 is 16.6. The van der Waals surface area contributed by atoms with Crippen LogP contribution in [-0.4, -0.2) is 26.9 Å². The minimum Gasteiger partial charge on any atom is -0.497 e. The van der Waals surface area contributed by atoms with Crippen LogP contribution >= 0.6 is 0 Å². The number of anilines is 1. The van der Waals surface area contributed by atoms with Gasteiger partial charge >= 0.3 is 0 Å². The second-order valence-corrected chi connectivity index (χ2v) is 5.88. The van der Waals surface area contributed by atoms with Crippen molar-refractivity contribution in [3.63, 3.8) is 0 Å². The van der Waals surface area contributed by atoms with Gasteiger partial charge in [-0.1, -0.05) is 26.2 Å². The molecule has 1 N–H and O–H groups in total. The number of nitrogens with one attached hydrogen (secondary N) is 1. The topological polar surface area (TPSA) is 39.7 Å². The van der Waals surface area contributed by atoms with E-state index >= 15 is 0 Å². The van der Waals surface area contributed by atoms with Crippen molar-refractivity contribution in [1.29, 1.82) is 0 Å². The number of unbranched alkanes of at least 4 members (excludes halogenated alkanes) is 3. The van der Waals surface area contributed by atoms with E-state index in [1.807, 2.05) is 48.5 Å². The molecule has 2 rings (SSSR count). The van der Waals surface area contributed by atoms with Crippen molar-refractivity contribution in [3.8, 4) is 17.2 Å². The number of hydrogen-bond acceptors (Lipinski definition) is 4. The fraction of sp³-hybridized carbons (Fsp3) is 0.429. The van der Waals surface area contributed by atoms with E-state index in [0.29, 0.717) is 6.61 Å². The van der Waals surface area contributed by atoms with E-state index in [-0.39, 0.29) is 0 Å². The molecule has 25 heavy (non-hydrogen) atoms. The van der Waals surface area contributed by atoms with Crippen molar-refractivity contribution in [1.82, 2.24) is 0 Å². The van der Waals surface area contributed by atoms with Crippen LogP contribution in [0.15, 0.2) is 48.5 Å². The summed E-state index contributed by atoms with van der Waals surface area (Å²) in [6.45, 7) is 4.35. The average molecular weight is 343 g/mol. The minimum atomic E-state index is 0.599. The molecule has 0 bridgehead atoms. The first-order chi connectivity index (χ1) is 12.3. The fourth-order valence-electron chi connectivity index (χ4n) is 2.42. The second-order valence-electron chi connectivity index (χ2n) is 5.88. The molecule has 0 amide bonds. The van der Waals surface area contributed by atoms with Gasteiger partial charge in [0.15, 0.2) is 0 Å². The Kier molecular flexibility index (Phi) is 8.53. The van der Waals surface area contributed by atoms with Gasteiger partial charge in [-0.3, -0.25) is 0 Å². The highest BCUT2D eigenvalue weighted by Crippen LogP contribution is 2.18. The van der Waals surface area contributed by atoms with Crippen LogP contribution in [0, 0.1) is 0 Å². The van der Waals surface area contributed by atoms with Gasteiger partial charge in [-0.15, -0.1) is 0 Å². The highest BCUT2D eigenvalue weighted by Gasteiger charge is 1.98. The molecule has 0 aliphatic rings. The monoisotopic (exact) mass is 343 g/mol. The smallest absolute Gasteiger partial charge is 0.119 e. The van der Waals surface area contributed by atoms with Gasteiger partial charge in [-0.2, -0.15) is 0 Å². The van der Waals surface area contributed by atoms with E-state index in [4.69, 9.17) is 14.2 Å². The largest absolute Gasteiger partial charge is 0.497 e. The van der Waals surface area contributed by atoms with E-state index in [1.165, 1.54) is 19.3 Å². The molecule has 4 heteroatoms. The van der Waals surface area contributed by atoms with Gasteiger partial charge < -0.3 is 19.5 Å². The highest BCUT2D eigenvalue weighted by molar-refractivity contribution is 5.46. The van der Waals surface area contributed by atoms with Crippen molar-refractivity contribution in [3.05, 3.63) is 48.5 Å². The summed E-state index contributed by atoms with van der Waals surface area (Å²) in [6, 6.07) is 15.7. The first kappa shape index (κ1) is 19.0. The third-order valence-electron chi connectivity index (χ3n) is 3.88. The van der Waals surface area contributed by atoms with Crippen molar-refractivity contribution in [2.45, 2.75) is 32.6 Å². The molecule has 2 aromatic carbocycles. The second kappa shape index (κ2) is 11.2. The molecule has 0 radical (unpaired) electrons. The minimum absolute atomic E-state index is 0.599. The lowest BCUT2D eigenvalue weighted by Crippen LogP contribution is -2.11. The molecule has 0 aliphatic carbocycles. The normalized spacial score (nSPS) is 10.3. The summed E-state index contributed by atoms with van der Waals surface area (Å²) in [6.07, 6.45) is 4.90. The predicted molar refractivity (Wildman–Crippen MR) is 103 cm³/mol. The van der Waals surface area contributed by atoms with Gasteiger partial charge in [0.1, 0.15) is 23.9 Å². The Labute approximate surface area is 151 Å². The zero-order valence-corrected chi connectivity index (χ0v) is 15.3. The van der Waals surface area contributed by atoms with Crippen LogP contribution in [0.3, 0.4) is 0 Å². The first-order valence-electron chi connectivity index (χ1n) is 9.05. The van der Waals surface area contributed by atoms with Gasteiger partial charge in [0.2, 0.25) is 0 Å². The Balaban J connectivity index is 1.62. The van der Waals surface area contributed by atoms with E-state index in [1.54, 1.807) is 7.11 Å². The molecule has 0 spiro atoms. The van der Waals surface area contributed by atoms with Crippen molar-refractivity contribution in [2.75, 3.05) is 32.2 Å². The van der Waals surface area contributed by atoms with Gasteiger partial charge in [-0.25, -0.2) is 0 Å². The Morgan fingerprint density at radius 1 is 0.720 bits per heavy atom. The molecular weight excluding hydrogens is 314 g/mol. The number of rotatable bonds is 12. The standard InChI is InChI=1S/C21H29NO3/c1-3-4-5-6-16-24-20-9-7-18(8-10-20)22-15-17-25-21-13-11-19(23-2)12-14-21/h7-14,22H,3-6,15-17H2,1-2H3. The molecule has 0 fully saturated rings. The van der Waals surface area contributed by atoms with Crippen LogP contribution in [0.25, 0.3) is 0 Å². The van der Waals surface area contributed by atoms with Gasteiger partial charge in [0.05, 0.1) is 13.7 Å². The molecule has 0 saturated heterocycles. The molecule has 0 unspecified atom stereocenters. The Bertz CT molecular complexity index is 581. The number of methoxy groups -OCH3 is 1. The van der Waals surface area contributed by atoms with Crippen LogP contribution in [0.1, 0.15) is 32.6 Å². The maximum Gasteiger partial charge on any atom is 0.119 e. The third-order valence-corrected chi connectivity index (χ3v) is 3.88. The number of hydrogen-bond donors (Lipinski definition) is 1. The zero-order valence-electron chi connectivity index (χ0n) is 15.3. The van der Waals surface area contributed by atoms with Gasteiger partial charge in [-0.05, 0) is 55.0 Å². The maximum absolute atomic E-state index is 5.75. The van der Waals surface area contributed by atoms with Gasteiger partial charge in [0.25, 0.3) is 0 Å². The Morgan fingerprint density at radius 3 is 1.96 bits per heavy atom. The lowest BCUT2D eigenvalue weighted by molar-refractivity contribution is 0.305. The fourth-order valence-corrected chi connectivity index (χ4v) is 2.42. The first-order valence-corrected chi connectivity index (χ1v) is 9.05. The highest BCUT2D eigenvalue weighted by atomic mass is 16.5. The van der Waals surface area contributed by atoms with E-state index in [9.17, 15) is 0 Å². The lowest BCUT2D eigenvalue weighted by Gasteiger charge is -2.10. The molecule has 2 aromatic rings. The lowest BCUT2D eigenvalue weighted by atomic mass is 10.2. The molecule has 0 aliphatic heterocycles. The summed E-state index contributed by atoms with van der Waals surface area (Å²) in [5.41, 5.74) is 1.07. The maximum atomic E-state index is 5.75. The molecular formula is C21H29NO3. The summed E-state index contributed by atoms with van der Waals surface area (Å²) in [5.74, 6) is 2.60. The van der Waals surface area contributed by atoms with Crippen LogP contribution in [0.4, 0.5) is 5.69 Å². The Morgan fingerprint density at radius 2 is 1.32 bits per heavy atom. The molecule has 0 heterocycles. The van der Waals surface area contributed by atoms with E-state index in [2.05, 4.69) is 12.2 Å². The average Bonchev–Trinajstić information content (AvgIpc) is 2.66. The van der Waals surface area contributed by atoms with Crippen molar-refractivity contribution in [2.24, 2.45) is 0 Å². The summed E-state index contributed by atoms with van der Waals surface area (Å²) in [5, 5.41) is 3.34. The van der Waals surface area contributed by atoms with Gasteiger partial charge in [0, 0.05) is 12.2 Å². The van der Waals surface area contributed by atoms with E-state index < -0.39 is 0 Å². The zero-order chi connectivity index (χ0) is 17.7. The van der Waals surface area contributed by atoms with Crippen LogP contribution in [-0.2, 0) is 0 Å². The van der Waals surface area contributed by atoms with Crippen LogP contribution < -0.4 is 19.5 Å².